The molecule has 0 radical (unpaired) electrons. The summed E-state index contributed by atoms with van der Waals surface area (Å²) in [6.07, 6.45) is 11.7. The van der Waals surface area contributed by atoms with Gasteiger partial charge in [0.15, 0.2) is 0 Å². The summed E-state index contributed by atoms with van der Waals surface area (Å²) in [7, 11) is 0. The van der Waals surface area contributed by atoms with Gasteiger partial charge in [-0.1, -0.05) is 19.3 Å². The smallest absolute Gasteiger partial charge is 0.255 e. The molecule has 0 spiro atoms. The Hall–Kier alpha value is -1.82. The fourth-order valence-corrected chi connectivity index (χ4v) is 4.06. The van der Waals surface area contributed by atoms with Crippen LogP contribution in [0.5, 0.6) is 0 Å². The molecular weight excluding hydrogens is 330 g/mol. The predicted octanol–water partition coefficient (Wildman–Crippen LogP) is 2.56. The molecular formula is C20H31N3O3. The number of nitrogens with one attached hydrogen (secondary N) is 2. The van der Waals surface area contributed by atoms with E-state index in [-0.39, 0.29) is 17.9 Å². The first-order chi connectivity index (χ1) is 12.6. The summed E-state index contributed by atoms with van der Waals surface area (Å²) >= 11 is 0. The molecule has 2 amide bonds. The van der Waals surface area contributed by atoms with Gasteiger partial charge in [-0.05, 0) is 44.6 Å². The molecule has 1 aromatic rings. The third-order valence-electron chi connectivity index (χ3n) is 5.70. The maximum atomic E-state index is 12.4. The molecule has 26 heavy (non-hydrogen) atoms. The van der Waals surface area contributed by atoms with E-state index >= 15 is 0 Å². The van der Waals surface area contributed by atoms with Crippen LogP contribution < -0.4 is 10.6 Å². The molecule has 2 heterocycles. The largest absolute Gasteiger partial charge is 0.472 e. The van der Waals surface area contributed by atoms with Gasteiger partial charge in [0.25, 0.3) is 5.91 Å². The fourth-order valence-electron chi connectivity index (χ4n) is 4.06. The lowest BCUT2D eigenvalue weighted by molar-refractivity contribution is -0.123. The molecule has 1 aromatic heterocycles. The van der Waals surface area contributed by atoms with Gasteiger partial charge in [0.2, 0.25) is 5.91 Å². The summed E-state index contributed by atoms with van der Waals surface area (Å²) in [6.45, 7) is 5.04. The third-order valence-corrected chi connectivity index (χ3v) is 5.70. The Morgan fingerprint density at radius 1 is 1.19 bits per heavy atom. The molecule has 6 heteroatoms. The molecule has 2 aliphatic rings. The molecule has 1 saturated heterocycles. The van der Waals surface area contributed by atoms with Crippen molar-refractivity contribution in [1.82, 2.24) is 15.5 Å². The van der Waals surface area contributed by atoms with Crippen LogP contribution in [0.15, 0.2) is 23.0 Å². The van der Waals surface area contributed by atoms with E-state index in [1.807, 2.05) is 0 Å². The molecule has 0 bridgehead atoms. The van der Waals surface area contributed by atoms with E-state index in [0.29, 0.717) is 5.56 Å². The number of amides is 2. The normalized spacial score (nSPS) is 21.3. The van der Waals surface area contributed by atoms with Crippen LogP contribution in [0.3, 0.4) is 0 Å². The Labute approximate surface area is 155 Å². The zero-order chi connectivity index (χ0) is 18.4. The second-order valence-electron chi connectivity index (χ2n) is 7.79. The van der Waals surface area contributed by atoms with Gasteiger partial charge in [0.05, 0.1) is 11.8 Å². The van der Waals surface area contributed by atoms with Crippen molar-refractivity contribution in [2.75, 3.05) is 19.6 Å². The van der Waals surface area contributed by atoms with Gasteiger partial charge in [0.1, 0.15) is 12.3 Å². The van der Waals surface area contributed by atoms with Crippen molar-refractivity contribution in [3.8, 4) is 0 Å². The van der Waals surface area contributed by atoms with Crippen LogP contribution in [-0.4, -0.2) is 48.4 Å². The highest BCUT2D eigenvalue weighted by Gasteiger charge is 2.25. The zero-order valence-corrected chi connectivity index (χ0v) is 15.7. The standard InChI is InChI=1S/C20H31N3O3/c1-15(21-20(25)17-9-12-26-14-17)19(24)22-18-7-10-23(11-8-18)13-16-5-3-2-4-6-16/h9,12,14-16,18H,2-8,10-11,13H2,1H3,(H,21,25)(H,22,24). The molecule has 3 rings (SSSR count). The van der Waals surface area contributed by atoms with Gasteiger partial charge in [-0.25, -0.2) is 0 Å². The fraction of sp³-hybridized carbons (Fsp3) is 0.700. The van der Waals surface area contributed by atoms with E-state index in [9.17, 15) is 9.59 Å². The van der Waals surface area contributed by atoms with Gasteiger partial charge in [-0.15, -0.1) is 0 Å². The minimum absolute atomic E-state index is 0.118. The third kappa shape index (κ3) is 5.34. The number of furan rings is 1. The average Bonchev–Trinajstić information content (AvgIpc) is 3.19. The number of hydrogen-bond acceptors (Lipinski definition) is 4. The maximum absolute atomic E-state index is 12.4. The first-order valence-electron chi connectivity index (χ1n) is 9.97. The van der Waals surface area contributed by atoms with Crippen molar-refractivity contribution in [2.45, 2.75) is 64.0 Å². The summed E-state index contributed by atoms with van der Waals surface area (Å²) in [5.74, 6) is 0.462. The molecule has 0 aromatic carbocycles. The highest BCUT2D eigenvalue weighted by atomic mass is 16.3. The summed E-state index contributed by atoms with van der Waals surface area (Å²) in [5, 5.41) is 5.80. The van der Waals surface area contributed by atoms with Gasteiger partial charge >= 0.3 is 0 Å². The zero-order valence-electron chi connectivity index (χ0n) is 15.7. The lowest BCUT2D eigenvalue weighted by atomic mass is 9.88. The van der Waals surface area contributed by atoms with E-state index in [1.54, 1.807) is 13.0 Å². The number of carbonyl (C=O) groups is 2. The summed E-state index contributed by atoms with van der Waals surface area (Å²) in [5.41, 5.74) is 0.431. The van der Waals surface area contributed by atoms with E-state index in [4.69, 9.17) is 4.42 Å². The molecule has 1 atom stereocenters. The molecule has 1 unspecified atom stereocenters. The van der Waals surface area contributed by atoms with Crippen LogP contribution in [0.4, 0.5) is 0 Å². The number of rotatable bonds is 6. The SMILES string of the molecule is CC(NC(=O)c1ccoc1)C(=O)NC1CCN(CC2CCCCC2)CC1. The molecule has 1 saturated carbocycles. The number of hydrogen-bond donors (Lipinski definition) is 2. The Kier molecular flexibility index (Phi) is 6.72. The minimum atomic E-state index is -0.558. The van der Waals surface area contributed by atoms with E-state index < -0.39 is 6.04 Å². The maximum Gasteiger partial charge on any atom is 0.255 e. The van der Waals surface area contributed by atoms with Crippen molar-refractivity contribution in [2.24, 2.45) is 5.92 Å². The van der Waals surface area contributed by atoms with Crippen LogP contribution in [0.25, 0.3) is 0 Å². The highest BCUT2D eigenvalue weighted by Crippen LogP contribution is 2.25. The Morgan fingerprint density at radius 2 is 1.92 bits per heavy atom. The molecule has 144 valence electrons. The van der Waals surface area contributed by atoms with E-state index in [0.717, 1.165) is 31.8 Å². The van der Waals surface area contributed by atoms with Crippen LogP contribution in [-0.2, 0) is 4.79 Å². The van der Waals surface area contributed by atoms with Crippen LogP contribution >= 0.6 is 0 Å². The predicted molar refractivity (Wildman–Crippen MR) is 99.8 cm³/mol. The van der Waals surface area contributed by atoms with Gasteiger partial charge in [0, 0.05) is 25.7 Å². The van der Waals surface area contributed by atoms with Gasteiger partial charge < -0.3 is 20.0 Å². The van der Waals surface area contributed by atoms with Gasteiger partial charge in [-0.2, -0.15) is 0 Å². The summed E-state index contributed by atoms with van der Waals surface area (Å²) < 4.78 is 4.90. The molecule has 1 aliphatic heterocycles. The monoisotopic (exact) mass is 361 g/mol. The van der Waals surface area contributed by atoms with Crippen molar-refractivity contribution in [3.63, 3.8) is 0 Å². The summed E-state index contributed by atoms with van der Waals surface area (Å²) in [6, 6.07) is 1.23. The number of nitrogens with zero attached hydrogens (tertiary/aromatic N) is 1. The van der Waals surface area contributed by atoms with Crippen molar-refractivity contribution in [1.29, 1.82) is 0 Å². The first-order valence-corrected chi connectivity index (χ1v) is 9.97. The Bertz CT molecular complexity index is 573. The van der Waals surface area contributed by atoms with Crippen molar-refractivity contribution >= 4 is 11.8 Å². The number of likely N-dealkylation sites (tertiary alicyclic amines) is 1. The number of carbonyl (C=O) groups excluding carboxylic acids is 2. The molecule has 2 fully saturated rings. The Balaban J connectivity index is 1.36. The van der Waals surface area contributed by atoms with E-state index in [2.05, 4.69) is 15.5 Å². The quantitative estimate of drug-likeness (QED) is 0.817. The first kappa shape index (κ1) is 19.0. The number of piperidine rings is 1. The lowest BCUT2D eigenvalue weighted by Crippen LogP contribution is -2.51. The second-order valence-corrected chi connectivity index (χ2v) is 7.79. The van der Waals surface area contributed by atoms with Crippen molar-refractivity contribution < 1.29 is 14.0 Å². The van der Waals surface area contributed by atoms with Gasteiger partial charge in [-0.3, -0.25) is 9.59 Å². The lowest BCUT2D eigenvalue weighted by Gasteiger charge is -2.35. The van der Waals surface area contributed by atoms with Crippen LogP contribution in [0.2, 0.25) is 0 Å². The van der Waals surface area contributed by atoms with E-state index in [1.165, 1.54) is 51.2 Å². The molecule has 2 N–H and O–H groups in total. The van der Waals surface area contributed by atoms with Crippen LogP contribution in [0.1, 0.15) is 62.2 Å². The highest BCUT2D eigenvalue weighted by molar-refractivity contribution is 5.97. The molecule has 1 aliphatic carbocycles. The van der Waals surface area contributed by atoms with Crippen LogP contribution in [0, 0.1) is 5.92 Å². The van der Waals surface area contributed by atoms with Crippen molar-refractivity contribution in [3.05, 3.63) is 24.2 Å². The summed E-state index contributed by atoms with van der Waals surface area (Å²) in [4.78, 5) is 26.9. The second kappa shape index (κ2) is 9.21. The minimum Gasteiger partial charge on any atom is -0.472 e. The topological polar surface area (TPSA) is 74.6 Å². The average molecular weight is 361 g/mol. The molecule has 6 nitrogen and oxygen atoms in total. The Morgan fingerprint density at radius 3 is 2.58 bits per heavy atom.